The van der Waals surface area contributed by atoms with Crippen LogP contribution in [0.15, 0.2) is 18.2 Å². The molecule has 0 atom stereocenters. The van der Waals surface area contributed by atoms with E-state index in [0.717, 1.165) is 13.1 Å². The second-order valence-corrected chi connectivity index (χ2v) is 5.22. The average Bonchev–Trinajstić information content (AvgIpc) is 2.89. The van der Waals surface area contributed by atoms with Gasteiger partial charge in [0.1, 0.15) is 5.56 Å². The van der Waals surface area contributed by atoms with E-state index in [-0.39, 0.29) is 22.2 Å². The lowest BCUT2D eigenvalue weighted by molar-refractivity contribution is -0.116. The van der Waals surface area contributed by atoms with Crippen molar-refractivity contribution in [3.05, 3.63) is 28.8 Å². The summed E-state index contributed by atoms with van der Waals surface area (Å²) in [5.41, 5.74) is 0.181. The number of hydrogen-bond acceptors (Lipinski definition) is 3. The molecule has 0 saturated carbocycles. The number of amides is 1. The Morgan fingerprint density at radius 1 is 1.30 bits per heavy atom. The molecule has 0 unspecified atom stereocenters. The van der Waals surface area contributed by atoms with E-state index in [4.69, 9.17) is 16.7 Å². The molecule has 108 valence electrons. The lowest BCUT2D eigenvalue weighted by Crippen LogP contribution is -2.25. The van der Waals surface area contributed by atoms with Crippen molar-refractivity contribution in [2.24, 2.45) is 0 Å². The molecule has 1 aliphatic rings. The second kappa shape index (κ2) is 6.72. The quantitative estimate of drug-likeness (QED) is 0.876. The van der Waals surface area contributed by atoms with Crippen molar-refractivity contribution in [2.75, 3.05) is 25.0 Å². The highest BCUT2D eigenvalue weighted by molar-refractivity contribution is 6.34. The molecule has 1 saturated heterocycles. The lowest BCUT2D eigenvalue weighted by Gasteiger charge is -2.14. The number of anilines is 1. The van der Waals surface area contributed by atoms with Crippen LogP contribution in [0, 0.1) is 0 Å². The fraction of sp³-hybridized carbons (Fsp3) is 0.429. The average molecular weight is 297 g/mol. The zero-order valence-corrected chi connectivity index (χ0v) is 11.8. The zero-order valence-electron chi connectivity index (χ0n) is 11.1. The third-order valence-electron chi connectivity index (χ3n) is 3.36. The van der Waals surface area contributed by atoms with Gasteiger partial charge in [0.05, 0.1) is 10.7 Å². The molecule has 1 amide bonds. The summed E-state index contributed by atoms with van der Waals surface area (Å²) >= 11 is 5.85. The van der Waals surface area contributed by atoms with Gasteiger partial charge >= 0.3 is 5.97 Å². The van der Waals surface area contributed by atoms with E-state index < -0.39 is 5.97 Å². The number of likely N-dealkylation sites (tertiary alicyclic amines) is 1. The van der Waals surface area contributed by atoms with Crippen LogP contribution >= 0.6 is 11.6 Å². The van der Waals surface area contributed by atoms with E-state index in [1.165, 1.54) is 18.9 Å². The molecular formula is C14H17ClN2O3. The molecule has 5 nitrogen and oxygen atoms in total. The molecule has 1 heterocycles. The van der Waals surface area contributed by atoms with Crippen molar-refractivity contribution < 1.29 is 14.7 Å². The van der Waals surface area contributed by atoms with Crippen molar-refractivity contribution in [1.29, 1.82) is 0 Å². The molecule has 0 aliphatic carbocycles. The number of nitrogens with one attached hydrogen (secondary N) is 1. The summed E-state index contributed by atoms with van der Waals surface area (Å²) in [6.07, 6.45) is 2.71. The minimum atomic E-state index is -1.15. The van der Waals surface area contributed by atoms with Gasteiger partial charge in [-0.1, -0.05) is 17.7 Å². The first-order valence-electron chi connectivity index (χ1n) is 6.62. The van der Waals surface area contributed by atoms with Crippen LogP contribution in [0.1, 0.15) is 29.6 Å². The molecule has 1 fully saturated rings. The van der Waals surface area contributed by atoms with Crippen molar-refractivity contribution in [3.63, 3.8) is 0 Å². The SMILES string of the molecule is O=C(CCN1CCCC1)Nc1cccc(Cl)c1C(=O)O. The number of carboxylic acid groups (broad SMARTS) is 1. The Balaban J connectivity index is 1.96. The van der Waals surface area contributed by atoms with Gasteiger partial charge in [-0.3, -0.25) is 4.79 Å². The summed E-state index contributed by atoms with van der Waals surface area (Å²) in [7, 11) is 0. The van der Waals surface area contributed by atoms with Gasteiger partial charge in [0.15, 0.2) is 0 Å². The van der Waals surface area contributed by atoms with Crippen LogP contribution in [-0.2, 0) is 4.79 Å². The molecule has 1 aliphatic heterocycles. The Morgan fingerprint density at radius 3 is 2.65 bits per heavy atom. The minimum absolute atomic E-state index is 0.0660. The summed E-state index contributed by atoms with van der Waals surface area (Å²) in [4.78, 5) is 25.3. The summed E-state index contributed by atoms with van der Waals surface area (Å²) in [6.45, 7) is 2.77. The van der Waals surface area contributed by atoms with E-state index in [1.54, 1.807) is 12.1 Å². The Hall–Kier alpha value is -1.59. The highest BCUT2D eigenvalue weighted by Crippen LogP contribution is 2.24. The lowest BCUT2D eigenvalue weighted by atomic mass is 10.1. The molecule has 2 N–H and O–H groups in total. The van der Waals surface area contributed by atoms with E-state index in [1.807, 2.05) is 0 Å². The largest absolute Gasteiger partial charge is 0.478 e. The number of carbonyl (C=O) groups excluding carboxylic acids is 1. The third-order valence-corrected chi connectivity index (χ3v) is 3.67. The number of hydrogen-bond donors (Lipinski definition) is 2. The maximum atomic E-state index is 11.9. The Morgan fingerprint density at radius 2 is 2.00 bits per heavy atom. The Labute approximate surface area is 122 Å². The van der Waals surface area contributed by atoms with E-state index >= 15 is 0 Å². The van der Waals surface area contributed by atoms with Gasteiger partial charge in [-0.2, -0.15) is 0 Å². The first-order chi connectivity index (χ1) is 9.58. The van der Waals surface area contributed by atoms with Gasteiger partial charge in [-0.05, 0) is 38.1 Å². The number of halogens is 1. The monoisotopic (exact) mass is 296 g/mol. The van der Waals surface area contributed by atoms with Crippen molar-refractivity contribution >= 4 is 29.2 Å². The van der Waals surface area contributed by atoms with Crippen molar-refractivity contribution in [2.45, 2.75) is 19.3 Å². The van der Waals surface area contributed by atoms with Gasteiger partial charge in [0.25, 0.3) is 0 Å². The summed E-state index contributed by atoms with van der Waals surface area (Å²) in [6, 6.07) is 4.65. The first-order valence-corrected chi connectivity index (χ1v) is 7.00. The maximum Gasteiger partial charge on any atom is 0.339 e. The number of rotatable bonds is 5. The Kier molecular flexibility index (Phi) is 4.98. The number of nitrogens with zero attached hydrogens (tertiary/aromatic N) is 1. The van der Waals surface area contributed by atoms with Crippen molar-refractivity contribution in [1.82, 2.24) is 4.90 Å². The molecule has 0 spiro atoms. The van der Waals surface area contributed by atoms with Crippen molar-refractivity contribution in [3.8, 4) is 0 Å². The second-order valence-electron chi connectivity index (χ2n) is 4.81. The van der Waals surface area contributed by atoms with Crippen LogP contribution in [0.2, 0.25) is 5.02 Å². The topological polar surface area (TPSA) is 69.6 Å². The molecule has 0 bridgehead atoms. The molecular weight excluding hydrogens is 280 g/mol. The van der Waals surface area contributed by atoms with Crippen LogP contribution in [0.3, 0.4) is 0 Å². The normalized spacial score (nSPS) is 15.2. The fourth-order valence-corrected chi connectivity index (χ4v) is 2.58. The van der Waals surface area contributed by atoms with Crippen LogP contribution < -0.4 is 5.32 Å². The predicted molar refractivity (Wildman–Crippen MR) is 77.3 cm³/mol. The highest BCUT2D eigenvalue weighted by Gasteiger charge is 2.17. The smallest absolute Gasteiger partial charge is 0.339 e. The molecule has 20 heavy (non-hydrogen) atoms. The van der Waals surface area contributed by atoms with Crippen LogP contribution in [0.25, 0.3) is 0 Å². The van der Waals surface area contributed by atoms with Gasteiger partial charge in [-0.25, -0.2) is 4.79 Å². The van der Waals surface area contributed by atoms with Gasteiger partial charge in [0.2, 0.25) is 5.91 Å². The summed E-state index contributed by atoms with van der Waals surface area (Å²) in [5, 5.41) is 11.9. The van der Waals surface area contributed by atoms with Gasteiger partial charge in [-0.15, -0.1) is 0 Å². The zero-order chi connectivity index (χ0) is 14.5. The fourth-order valence-electron chi connectivity index (χ4n) is 2.32. The van der Waals surface area contributed by atoms with E-state index in [9.17, 15) is 9.59 Å². The van der Waals surface area contributed by atoms with E-state index in [0.29, 0.717) is 13.0 Å². The van der Waals surface area contributed by atoms with Crippen LogP contribution in [0.4, 0.5) is 5.69 Å². The molecule has 0 aromatic heterocycles. The number of benzene rings is 1. The standard InChI is InChI=1S/C14H17ClN2O3/c15-10-4-3-5-11(13(10)14(19)20)16-12(18)6-9-17-7-1-2-8-17/h3-5H,1-2,6-9H2,(H,16,18)(H,19,20). The predicted octanol–water partition coefficient (Wildman–Crippen LogP) is 2.46. The highest BCUT2D eigenvalue weighted by atomic mass is 35.5. The van der Waals surface area contributed by atoms with Gasteiger partial charge in [0, 0.05) is 13.0 Å². The third kappa shape index (κ3) is 3.71. The summed E-state index contributed by atoms with van der Waals surface area (Å²) in [5.74, 6) is -1.34. The van der Waals surface area contributed by atoms with Gasteiger partial charge < -0.3 is 15.3 Å². The van der Waals surface area contributed by atoms with Crippen LogP contribution in [-0.4, -0.2) is 41.5 Å². The minimum Gasteiger partial charge on any atom is -0.478 e. The number of carboxylic acids is 1. The molecule has 1 aromatic carbocycles. The maximum absolute atomic E-state index is 11.9. The number of aromatic carboxylic acids is 1. The molecule has 0 radical (unpaired) electrons. The van der Waals surface area contributed by atoms with Crippen LogP contribution in [0.5, 0.6) is 0 Å². The first kappa shape index (κ1) is 14.8. The summed E-state index contributed by atoms with van der Waals surface area (Å²) < 4.78 is 0. The Bertz CT molecular complexity index is 513. The number of carbonyl (C=O) groups is 2. The molecule has 6 heteroatoms. The molecule has 2 rings (SSSR count). The van der Waals surface area contributed by atoms with E-state index in [2.05, 4.69) is 10.2 Å². The molecule has 1 aromatic rings.